The molecule has 0 saturated heterocycles. The number of aryl methyl sites for hydroxylation is 1. The molecule has 16 heavy (non-hydrogen) atoms. The van der Waals surface area contributed by atoms with Gasteiger partial charge < -0.3 is 10.3 Å². The number of para-hydroxylation sites is 2. The van der Waals surface area contributed by atoms with Crippen LogP contribution in [0.3, 0.4) is 0 Å². The van der Waals surface area contributed by atoms with E-state index in [1.807, 2.05) is 42.7 Å². The van der Waals surface area contributed by atoms with Crippen LogP contribution in [0.4, 0.5) is 0 Å². The summed E-state index contributed by atoms with van der Waals surface area (Å²) < 4.78 is 2.03. The molecule has 4 nitrogen and oxygen atoms in total. The molecular weight excluding hydrogens is 202 g/mol. The average molecular weight is 217 g/mol. The van der Waals surface area contributed by atoms with E-state index in [2.05, 4.69) is 4.98 Å². The number of primary amides is 1. The number of hydrogen-bond acceptors (Lipinski definition) is 2. The van der Waals surface area contributed by atoms with Gasteiger partial charge in [0.25, 0.3) is 0 Å². The quantitative estimate of drug-likeness (QED) is 0.846. The molecule has 0 aliphatic carbocycles. The maximum Gasteiger partial charge on any atom is 0.222 e. The minimum atomic E-state index is -0.280. The van der Waals surface area contributed by atoms with Gasteiger partial charge in [0.15, 0.2) is 0 Å². The smallest absolute Gasteiger partial charge is 0.222 e. The predicted molar refractivity (Wildman–Crippen MR) is 62.8 cm³/mol. The van der Waals surface area contributed by atoms with Crippen molar-refractivity contribution in [2.24, 2.45) is 11.7 Å². The van der Waals surface area contributed by atoms with Crippen LogP contribution in [-0.2, 0) is 11.3 Å². The van der Waals surface area contributed by atoms with Gasteiger partial charge in [-0.25, -0.2) is 4.98 Å². The zero-order valence-corrected chi connectivity index (χ0v) is 9.47. The molecular formula is C12H15N3O. The van der Waals surface area contributed by atoms with Gasteiger partial charge >= 0.3 is 0 Å². The maximum atomic E-state index is 11.1. The summed E-state index contributed by atoms with van der Waals surface area (Å²) in [6, 6.07) is 7.89. The molecule has 0 spiro atoms. The second kappa shape index (κ2) is 3.96. The summed E-state index contributed by atoms with van der Waals surface area (Å²) in [5.74, 6) is 0.447. The molecule has 0 fully saturated rings. The highest BCUT2D eigenvalue weighted by atomic mass is 16.1. The molecule has 2 N–H and O–H groups in total. The first-order chi connectivity index (χ1) is 7.59. The molecule has 0 saturated carbocycles. The Kier molecular flexibility index (Phi) is 2.64. The molecule has 2 aromatic rings. The molecule has 1 atom stereocenters. The van der Waals surface area contributed by atoms with E-state index in [-0.39, 0.29) is 11.8 Å². The van der Waals surface area contributed by atoms with E-state index in [9.17, 15) is 4.79 Å². The molecule has 84 valence electrons. The van der Waals surface area contributed by atoms with Crippen LogP contribution in [0.2, 0.25) is 0 Å². The van der Waals surface area contributed by atoms with Crippen molar-refractivity contribution in [1.82, 2.24) is 9.55 Å². The van der Waals surface area contributed by atoms with E-state index < -0.39 is 0 Å². The average Bonchev–Trinajstić information content (AvgIpc) is 2.55. The Hall–Kier alpha value is -1.84. The highest BCUT2D eigenvalue weighted by Gasteiger charge is 2.13. The highest BCUT2D eigenvalue weighted by molar-refractivity contribution is 5.78. The van der Waals surface area contributed by atoms with Crippen LogP contribution in [0.5, 0.6) is 0 Å². The van der Waals surface area contributed by atoms with Gasteiger partial charge in [-0.3, -0.25) is 4.79 Å². The van der Waals surface area contributed by atoms with Gasteiger partial charge in [0.05, 0.1) is 17.0 Å². The van der Waals surface area contributed by atoms with Crippen LogP contribution in [0.15, 0.2) is 24.3 Å². The minimum Gasteiger partial charge on any atom is -0.369 e. The molecule has 1 aromatic heterocycles. The Balaban J connectivity index is 2.43. The topological polar surface area (TPSA) is 60.9 Å². The Morgan fingerprint density at radius 2 is 2.19 bits per heavy atom. The third kappa shape index (κ3) is 1.78. The van der Waals surface area contributed by atoms with Crippen LogP contribution in [0.1, 0.15) is 12.7 Å². The van der Waals surface area contributed by atoms with E-state index in [1.54, 1.807) is 0 Å². The van der Waals surface area contributed by atoms with Crippen molar-refractivity contribution in [3.63, 3.8) is 0 Å². The van der Waals surface area contributed by atoms with Crippen molar-refractivity contribution in [3.05, 3.63) is 30.1 Å². The molecule has 2 rings (SSSR count). The summed E-state index contributed by atoms with van der Waals surface area (Å²) in [6.45, 7) is 4.35. The summed E-state index contributed by atoms with van der Waals surface area (Å²) in [7, 11) is 0. The van der Waals surface area contributed by atoms with E-state index in [0.29, 0.717) is 6.54 Å². The first-order valence-electron chi connectivity index (χ1n) is 5.31. The van der Waals surface area contributed by atoms with Crippen molar-refractivity contribution in [3.8, 4) is 0 Å². The third-order valence-corrected chi connectivity index (χ3v) is 2.79. The standard InChI is InChI=1S/C12H15N3O/c1-8(12(13)16)7-15-9(2)14-10-5-3-4-6-11(10)15/h3-6,8H,7H2,1-2H3,(H2,13,16). The van der Waals surface area contributed by atoms with Crippen molar-refractivity contribution in [1.29, 1.82) is 0 Å². The van der Waals surface area contributed by atoms with Crippen molar-refractivity contribution >= 4 is 16.9 Å². The third-order valence-electron chi connectivity index (χ3n) is 2.79. The monoisotopic (exact) mass is 217 g/mol. The minimum absolute atomic E-state index is 0.184. The second-order valence-electron chi connectivity index (χ2n) is 4.06. The lowest BCUT2D eigenvalue weighted by atomic mass is 10.1. The molecule has 0 bridgehead atoms. The van der Waals surface area contributed by atoms with Gasteiger partial charge in [-0.1, -0.05) is 19.1 Å². The molecule has 1 unspecified atom stereocenters. The van der Waals surface area contributed by atoms with Crippen LogP contribution >= 0.6 is 0 Å². The first-order valence-corrected chi connectivity index (χ1v) is 5.31. The first kappa shape index (κ1) is 10.7. The van der Waals surface area contributed by atoms with Crippen LogP contribution < -0.4 is 5.73 Å². The zero-order valence-electron chi connectivity index (χ0n) is 9.47. The summed E-state index contributed by atoms with van der Waals surface area (Å²) in [6.07, 6.45) is 0. The molecule has 1 heterocycles. The number of benzene rings is 1. The number of rotatable bonds is 3. The summed E-state index contributed by atoms with van der Waals surface area (Å²) in [5.41, 5.74) is 7.28. The lowest BCUT2D eigenvalue weighted by Gasteiger charge is -2.10. The molecule has 1 aromatic carbocycles. The Labute approximate surface area is 94.1 Å². The van der Waals surface area contributed by atoms with E-state index in [0.717, 1.165) is 16.9 Å². The largest absolute Gasteiger partial charge is 0.369 e. The van der Waals surface area contributed by atoms with Crippen molar-refractivity contribution in [2.75, 3.05) is 0 Å². The fourth-order valence-electron chi connectivity index (χ4n) is 1.79. The van der Waals surface area contributed by atoms with Gasteiger partial charge in [-0.05, 0) is 19.1 Å². The Bertz CT molecular complexity index is 530. The van der Waals surface area contributed by atoms with Crippen LogP contribution in [0, 0.1) is 12.8 Å². The number of fused-ring (bicyclic) bond motifs is 1. The van der Waals surface area contributed by atoms with Crippen LogP contribution in [-0.4, -0.2) is 15.5 Å². The number of hydrogen-bond donors (Lipinski definition) is 1. The van der Waals surface area contributed by atoms with Crippen molar-refractivity contribution < 1.29 is 4.79 Å². The number of carbonyl (C=O) groups is 1. The number of aromatic nitrogens is 2. The number of amides is 1. The molecule has 0 aliphatic heterocycles. The van der Waals surface area contributed by atoms with Gasteiger partial charge in [-0.2, -0.15) is 0 Å². The summed E-state index contributed by atoms with van der Waals surface area (Å²) in [5, 5.41) is 0. The van der Waals surface area contributed by atoms with Crippen LogP contribution in [0.25, 0.3) is 11.0 Å². The van der Waals surface area contributed by atoms with E-state index in [1.165, 1.54) is 0 Å². The lowest BCUT2D eigenvalue weighted by Crippen LogP contribution is -2.25. The Morgan fingerprint density at radius 1 is 1.50 bits per heavy atom. The normalized spacial score (nSPS) is 12.9. The maximum absolute atomic E-state index is 11.1. The van der Waals surface area contributed by atoms with Crippen molar-refractivity contribution in [2.45, 2.75) is 20.4 Å². The molecule has 0 radical (unpaired) electrons. The number of imidazole rings is 1. The van der Waals surface area contributed by atoms with Gasteiger partial charge in [0, 0.05) is 6.54 Å². The SMILES string of the molecule is Cc1nc2ccccc2n1CC(C)C(N)=O. The number of nitrogens with zero attached hydrogens (tertiary/aromatic N) is 2. The molecule has 1 amide bonds. The van der Waals surface area contributed by atoms with E-state index >= 15 is 0 Å². The van der Waals surface area contributed by atoms with Gasteiger partial charge in [0.1, 0.15) is 5.82 Å². The summed E-state index contributed by atoms with van der Waals surface area (Å²) >= 11 is 0. The summed E-state index contributed by atoms with van der Waals surface area (Å²) in [4.78, 5) is 15.5. The predicted octanol–water partition coefficient (Wildman–Crippen LogP) is 1.47. The fourth-order valence-corrected chi connectivity index (χ4v) is 1.79. The number of nitrogens with two attached hydrogens (primary N) is 1. The Morgan fingerprint density at radius 3 is 2.88 bits per heavy atom. The fraction of sp³-hybridized carbons (Fsp3) is 0.333. The lowest BCUT2D eigenvalue weighted by molar-refractivity contribution is -0.121. The van der Waals surface area contributed by atoms with E-state index in [4.69, 9.17) is 5.73 Å². The molecule has 4 heteroatoms. The van der Waals surface area contributed by atoms with Gasteiger partial charge in [0.2, 0.25) is 5.91 Å². The highest BCUT2D eigenvalue weighted by Crippen LogP contribution is 2.16. The van der Waals surface area contributed by atoms with Gasteiger partial charge in [-0.15, -0.1) is 0 Å². The molecule has 0 aliphatic rings. The zero-order chi connectivity index (χ0) is 11.7. The second-order valence-corrected chi connectivity index (χ2v) is 4.06. The number of carbonyl (C=O) groups excluding carboxylic acids is 1.